The smallest absolute Gasteiger partial charge is 0.137 e. The van der Waals surface area contributed by atoms with Crippen molar-refractivity contribution in [3.05, 3.63) is 54.0 Å². The number of nitrogens with one attached hydrogen (secondary N) is 1. The molecule has 1 aromatic carbocycles. The van der Waals surface area contributed by atoms with Crippen LogP contribution in [0.4, 0.5) is 4.39 Å². The third-order valence-corrected chi connectivity index (χ3v) is 3.75. The highest BCUT2D eigenvalue weighted by molar-refractivity contribution is 7.99. The van der Waals surface area contributed by atoms with E-state index in [4.69, 9.17) is 0 Å². The maximum Gasteiger partial charge on any atom is 0.137 e. The Morgan fingerprint density at radius 2 is 2.05 bits per heavy atom. The van der Waals surface area contributed by atoms with Crippen LogP contribution in [0.5, 0.6) is 0 Å². The van der Waals surface area contributed by atoms with E-state index in [1.807, 2.05) is 18.2 Å². The average molecular weight is 276 g/mol. The SMILES string of the molecule is CCCNCc1cccnc1Sc1ccccc1F. The largest absolute Gasteiger partial charge is 0.313 e. The van der Waals surface area contributed by atoms with Crippen molar-refractivity contribution in [3.8, 4) is 0 Å². The second kappa shape index (κ2) is 7.26. The van der Waals surface area contributed by atoms with Gasteiger partial charge in [-0.15, -0.1) is 0 Å². The van der Waals surface area contributed by atoms with Crippen LogP contribution in [0.25, 0.3) is 0 Å². The third kappa shape index (κ3) is 4.04. The first-order valence-electron chi connectivity index (χ1n) is 6.38. The first kappa shape index (κ1) is 14.0. The molecule has 1 aromatic heterocycles. The molecule has 0 amide bonds. The zero-order valence-electron chi connectivity index (χ0n) is 10.9. The molecule has 100 valence electrons. The quantitative estimate of drug-likeness (QED) is 0.811. The first-order valence-corrected chi connectivity index (χ1v) is 7.20. The minimum Gasteiger partial charge on any atom is -0.313 e. The zero-order chi connectivity index (χ0) is 13.5. The van der Waals surface area contributed by atoms with E-state index in [-0.39, 0.29) is 5.82 Å². The van der Waals surface area contributed by atoms with Crippen LogP contribution in [0.15, 0.2) is 52.5 Å². The van der Waals surface area contributed by atoms with Crippen LogP contribution >= 0.6 is 11.8 Å². The number of rotatable bonds is 6. The number of hydrogen-bond donors (Lipinski definition) is 1. The van der Waals surface area contributed by atoms with Crippen LogP contribution in [0.2, 0.25) is 0 Å². The van der Waals surface area contributed by atoms with E-state index in [9.17, 15) is 4.39 Å². The van der Waals surface area contributed by atoms with Gasteiger partial charge >= 0.3 is 0 Å². The molecule has 1 heterocycles. The van der Waals surface area contributed by atoms with Crippen LogP contribution in [0.1, 0.15) is 18.9 Å². The Kier molecular flexibility index (Phi) is 5.36. The number of pyridine rings is 1. The Balaban J connectivity index is 2.13. The lowest BCUT2D eigenvalue weighted by molar-refractivity contribution is 0.601. The van der Waals surface area contributed by atoms with E-state index in [0.717, 1.165) is 30.1 Å². The number of halogens is 1. The van der Waals surface area contributed by atoms with Crippen molar-refractivity contribution >= 4 is 11.8 Å². The molecule has 0 atom stereocenters. The Labute approximate surface area is 117 Å². The molecule has 2 rings (SSSR count). The average Bonchev–Trinajstić information content (AvgIpc) is 2.43. The molecule has 0 saturated heterocycles. The summed E-state index contributed by atoms with van der Waals surface area (Å²) in [5.41, 5.74) is 1.10. The molecule has 0 bridgehead atoms. The predicted molar refractivity (Wildman–Crippen MR) is 76.8 cm³/mol. The van der Waals surface area contributed by atoms with Crippen molar-refractivity contribution in [2.45, 2.75) is 29.8 Å². The molecule has 4 heteroatoms. The molecular weight excluding hydrogens is 259 g/mol. The van der Waals surface area contributed by atoms with Crippen molar-refractivity contribution in [1.29, 1.82) is 0 Å². The van der Waals surface area contributed by atoms with Crippen molar-refractivity contribution in [2.24, 2.45) is 0 Å². The van der Waals surface area contributed by atoms with Gasteiger partial charge in [0.05, 0.1) is 0 Å². The summed E-state index contributed by atoms with van der Waals surface area (Å²) >= 11 is 1.37. The van der Waals surface area contributed by atoms with Gasteiger partial charge in [0.25, 0.3) is 0 Å². The number of benzene rings is 1. The molecule has 0 radical (unpaired) electrons. The highest BCUT2D eigenvalue weighted by atomic mass is 32.2. The number of nitrogens with zero attached hydrogens (tertiary/aromatic N) is 1. The van der Waals surface area contributed by atoms with Crippen molar-refractivity contribution in [1.82, 2.24) is 10.3 Å². The third-order valence-electron chi connectivity index (χ3n) is 2.64. The summed E-state index contributed by atoms with van der Waals surface area (Å²) in [7, 11) is 0. The van der Waals surface area contributed by atoms with Gasteiger partial charge < -0.3 is 5.32 Å². The molecule has 1 N–H and O–H groups in total. The van der Waals surface area contributed by atoms with E-state index in [1.54, 1.807) is 18.3 Å². The molecule has 2 nitrogen and oxygen atoms in total. The Morgan fingerprint density at radius 1 is 1.21 bits per heavy atom. The lowest BCUT2D eigenvalue weighted by Gasteiger charge is -2.09. The summed E-state index contributed by atoms with van der Waals surface area (Å²) in [6.45, 7) is 3.86. The number of aromatic nitrogens is 1. The van der Waals surface area contributed by atoms with Crippen molar-refractivity contribution in [3.63, 3.8) is 0 Å². The maximum atomic E-state index is 13.6. The van der Waals surface area contributed by atoms with Gasteiger partial charge in [-0.05, 0) is 36.7 Å². The molecule has 0 aliphatic carbocycles. The van der Waals surface area contributed by atoms with Crippen LogP contribution in [0, 0.1) is 5.82 Å². The summed E-state index contributed by atoms with van der Waals surface area (Å²) < 4.78 is 13.6. The van der Waals surface area contributed by atoms with Crippen molar-refractivity contribution in [2.75, 3.05) is 6.54 Å². The molecule has 0 fully saturated rings. The Morgan fingerprint density at radius 3 is 2.84 bits per heavy atom. The fourth-order valence-electron chi connectivity index (χ4n) is 1.68. The maximum absolute atomic E-state index is 13.6. The molecule has 0 unspecified atom stereocenters. The van der Waals surface area contributed by atoms with Gasteiger partial charge in [-0.3, -0.25) is 0 Å². The van der Waals surface area contributed by atoms with Gasteiger partial charge in [-0.2, -0.15) is 0 Å². The molecule has 2 aromatic rings. The van der Waals surface area contributed by atoms with Crippen LogP contribution in [-0.4, -0.2) is 11.5 Å². The van der Waals surface area contributed by atoms with E-state index >= 15 is 0 Å². The monoisotopic (exact) mass is 276 g/mol. The molecular formula is C15H17FN2S. The van der Waals surface area contributed by atoms with E-state index in [1.165, 1.54) is 17.8 Å². The molecule has 0 aliphatic heterocycles. The summed E-state index contributed by atoms with van der Waals surface area (Å²) in [6.07, 6.45) is 2.84. The fourth-order valence-corrected chi connectivity index (χ4v) is 2.59. The number of hydrogen-bond acceptors (Lipinski definition) is 3. The van der Waals surface area contributed by atoms with Gasteiger partial charge in [0, 0.05) is 17.6 Å². The lowest BCUT2D eigenvalue weighted by Crippen LogP contribution is -2.14. The summed E-state index contributed by atoms with van der Waals surface area (Å²) in [5, 5.41) is 4.20. The van der Waals surface area contributed by atoms with E-state index in [2.05, 4.69) is 17.2 Å². The second-order valence-electron chi connectivity index (χ2n) is 4.18. The Bertz CT molecular complexity index is 531. The highest BCUT2D eigenvalue weighted by Gasteiger charge is 2.08. The minimum atomic E-state index is -0.203. The molecule has 0 spiro atoms. The lowest BCUT2D eigenvalue weighted by atomic mass is 10.3. The standard InChI is InChI=1S/C15H17FN2S/c1-2-9-17-11-12-6-5-10-18-15(12)19-14-8-4-3-7-13(14)16/h3-8,10,17H,2,9,11H2,1H3. The predicted octanol–water partition coefficient (Wildman–Crippen LogP) is 3.87. The summed E-state index contributed by atoms with van der Waals surface area (Å²) in [5.74, 6) is -0.203. The molecule has 0 aliphatic rings. The topological polar surface area (TPSA) is 24.9 Å². The molecule has 19 heavy (non-hydrogen) atoms. The van der Waals surface area contributed by atoms with Crippen LogP contribution in [-0.2, 0) is 6.54 Å². The fraction of sp³-hybridized carbons (Fsp3) is 0.267. The van der Waals surface area contributed by atoms with E-state index in [0.29, 0.717) is 4.90 Å². The van der Waals surface area contributed by atoms with Crippen molar-refractivity contribution < 1.29 is 4.39 Å². The van der Waals surface area contributed by atoms with E-state index < -0.39 is 0 Å². The Hall–Kier alpha value is -1.39. The molecule has 0 saturated carbocycles. The normalized spacial score (nSPS) is 10.6. The van der Waals surface area contributed by atoms with Gasteiger partial charge in [0.15, 0.2) is 0 Å². The van der Waals surface area contributed by atoms with Gasteiger partial charge in [-0.1, -0.05) is 36.9 Å². The summed E-state index contributed by atoms with van der Waals surface area (Å²) in [6, 6.07) is 10.7. The van der Waals surface area contributed by atoms with Crippen LogP contribution < -0.4 is 5.32 Å². The summed E-state index contributed by atoms with van der Waals surface area (Å²) in [4.78, 5) is 4.96. The van der Waals surface area contributed by atoms with Gasteiger partial charge in [0.2, 0.25) is 0 Å². The zero-order valence-corrected chi connectivity index (χ0v) is 11.7. The first-order chi connectivity index (χ1) is 9.31. The van der Waals surface area contributed by atoms with Crippen LogP contribution in [0.3, 0.4) is 0 Å². The van der Waals surface area contributed by atoms with Gasteiger partial charge in [-0.25, -0.2) is 9.37 Å². The second-order valence-corrected chi connectivity index (χ2v) is 5.21. The minimum absolute atomic E-state index is 0.203. The van der Waals surface area contributed by atoms with Gasteiger partial charge in [0.1, 0.15) is 10.8 Å². The highest BCUT2D eigenvalue weighted by Crippen LogP contribution is 2.30.